The van der Waals surface area contributed by atoms with E-state index in [-0.39, 0.29) is 5.91 Å². The second-order valence-corrected chi connectivity index (χ2v) is 5.47. The monoisotopic (exact) mass is 308 g/mol. The summed E-state index contributed by atoms with van der Waals surface area (Å²) in [5, 5.41) is 12.2. The van der Waals surface area contributed by atoms with Crippen molar-refractivity contribution in [3.05, 3.63) is 59.2 Å². The van der Waals surface area contributed by atoms with Gasteiger partial charge in [-0.3, -0.25) is 4.79 Å². The van der Waals surface area contributed by atoms with Gasteiger partial charge in [0.05, 0.1) is 13.2 Å². The molecule has 0 saturated heterocycles. The fraction of sp³-hybridized carbons (Fsp3) is 0.263. The van der Waals surface area contributed by atoms with Crippen LogP contribution in [0.5, 0.6) is 5.75 Å². The first-order valence-electron chi connectivity index (χ1n) is 7.44. The average molecular weight is 308 g/mol. The maximum atomic E-state index is 12.4. The Bertz CT molecular complexity index is 747. The zero-order chi connectivity index (χ0) is 16.8. The van der Waals surface area contributed by atoms with Crippen molar-refractivity contribution < 1.29 is 9.53 Å². The normalized spacial score (nSPS) is 11.4. The minimum Gasteiger partial charge on any atom is -0.497 e. The third kappa shape index (κ3) is 4.10. The molecule has 4 nitrogen and oxygen atoms in total. The smallest absolute Gasteiger partial charge is 0.242 e. The van der Waals surface area contributed by atoms with E-state index in [1.165, 1.54) is 0 Å². The summed E-state index contributed by atoms with van der Waals surface area (Å²) in [6, 6.07) is 15.2. The molecule has 0 fully saturated rings. The third-order valence-corrected chi connectivity index (χ3v) is 3.91. The number of carbonyl (C=O) groups excluding carboxylic acids is 1. The zero-order valence-electron chi connectivity index (χ0n) is 13.6. The molecule has 0 aliphatic carbocycles. The van der Waals surface area contributed by atoms with Crippen molar-refractivity contribution in [3.63, 3.8) is 0 Å². The van der Waals surface area contributed by atoms with Gasteiger partial charge in [0.1, 0.15) is 11.7 Å². The van der Waals surface area contributed by atoms with E-state index in [4.69, 9.17) is 4.74 Å². The van der Waals surface area contributed by atoms with Crippen LogP contribution in [0, 0.1) is 31.1 Å². The lowest BCUT2D eigenvalue weighted by Crippen LogP contribution is -2.24. The molecule has 2 rings (SSSR count). The number of rotatable bonds is 5. The fourth-order valence-electron chi connectivity index (χ4n) is 2.34. The first-order valence-corrected chi connectivity index (χ1v) is 7.44. The highest BCUT2D eigenvalue weighted by Gasteiger charge is 2.19. The quantitative estimate of drug-likeness (QED) is 0.917. The molecule has 0 bridgehead atoms. The fourth-order valence-corrected chi connectivity index (χ4v) is 2.34. The van der Waals surface area contributed by atoms with Gasteiger partial charge in [-0.15, -0.1) is 0 Å². The molecule has 2 aromatic carbocycles. The van der Waals surface area contributed by atoms with E-state index in [1.807, 2.05) is 56.3 Å². The Morgan fingerprint density at radius 1 is 1.26 bits per heavy atom. The van der Waals surface area contributed by atoms with Gasteiger partial charge in [0, 0.05) is 5.69 Å². The largest absolute Gasteiger partial charge is 0.497 e. The summed E-state index contributed by atoms with van der Waals surface area (Å²) in [5.41, 5.74) is 3.76. The number of nitrogens with zero attached hydrogens (tertiary/aromatic N) is 1. The van der Waals surface area contributed by atoms with Crippen molar-refractivity contribution in [3.8, 4) is 11.8 Å². The van der Waals surface area contributed by atoms with Crippen molar-refractivity contribution in [1.82, 2.24) is 0 Å². The van der Waals surface area contributed by atoms with Crippen LogP contribution in [0.25, 0.3) is 0 Å². The number of aryl methyl sites for hydroxylation is 1. The molecule has 0 aliphatic heterocycles. The Morgan fingerprint density at radius 3 is 2.70 bits per heavy atom. The first kappa shape index (κ1) is 16.6. The molecular formula is C19H20N2O2. The van der Waals surface area contributed by atoms with Crippen LogP contribution in [-0.4, -0.2) is 13.0 Å². The number of carbonyl (C=O) groups is 1. The molecule has 2 aromatic rings. The van der Waals surface area contributed by atoms with Crippen LogP contribution >= 0.6 is 0 Å². The maximum Gasteiger partial charge on any atom is 0.242 e. The molecule has 0 spiro atoms. The second kappa shape index (κ2) is 7.46. The van der Waals surface area contributed by atoms with Crippen LogP contribution in [0.3, 0.4) is 0 Å². The Labute approximate surface area is 136 Å². The molecule has 0 saturated carbocycles. The van der Waals surface area contributed by atoms with E-state index in [1.54, 1.807) is 7.11 Å². The highest BCUT2D eigenvalue weighted by Crippen LogP contribution is 2.20. The summed E-state index contributed by atoms with van der Waals surface area (Å²) in [6.45, 7) is 3.94. The number of ether oxygens (including phenoxy) is 1. The molecule has 0 aromatic heterocycles. The van der Waals surface area contributed by atoms with Gasteiger partial charge < -0.3 is 10.1 Å². The number of anilines is 1. The Kier molecular flexibility index (Phi) is 5.37. The molecule has 1 atom stereocenters. The zero-order valence-corrected chi connectivity index (χ0v) is 13.6. The van der Waals surface area contributed by atoms with Crippen molar-refractivity contribution in [2.75, 3.05) is 12.4 Å². The molecule has 0 heterocycles. The molecule has 0 unspecified atom stereocenters. The Morgan fingerprint density at radius 2 is 2.00 bits per heavy atom. The van der Waals surface area contributed by atoms with Crippen molar-refractivity contribution >= 4 is 11.6 Å². The van der Waals surface area contributed by atoms with E-state index in [9.17, 15) is 10.1 Å². The van der Waals surface area contributed by atoms with E-state index in [0.29, 0.717) is 12.2 Å². The average Bonchev–Trinajstić information content (AvgIpc) is 2.57. The molecule has 4 heteroatoms. The summed E-state index contributed by atoms with van der Waals surface area (Å²) in [5.74, 6) is -0.319. The van der Waals surface area contributed by atoms with Gasteiger partial charge in [0.2, 0.25) is 5.91 Å². The molecule has 1 N–H and O–H groups in total. The van der Waals surface area contributed by atoms with E-state index >= 15 is 0 Å². The highest BCUT2D eigenvalue weighted by atomic mass is 16.5. The van der Waals surface area contributed by atoms with E-state index < -0.39 is 5.92 Å². The summed E-state index contributed by atoms with van der Waals surface area (Å²) < 4.78 is 5.17. The molecule has 1 amide bonds. The van der Waals surface area contributed by atoms with Crippen LogP contribution in [0.2, 0.25) is 0 Å². The van der Waals surface area contributed by atoms with Crippen LogP contribution in [0.1, 0.15) is 16.7 Å². The van der Waals surface area contributed by atoms with Crippen LogP contribution < -0.4 is 10.1 Å². The van der Waals surface area contributed by atoms with Crippen molar-refractivity contribution in [2.45, 2.75) is 20.3 Å². The van der Waals surface area contributed by atoms with Crippen LogP contribution in [0.15, 0.2) is 42.5 Å². The van der Waals surface area contributed by atoms with Gasteiger partial charge in [0.15, 0.2) is 0 Å². The highest BCUT2D eigenvalue weighted by molar-refractivity contribution is 5.95. The molecule has 118 valence electrons. The minimum atomic E-state index is -0.748. The third-order valence-electron chi connectivity index (χ3n) is 3.91. The van der Waals surface area contributed by atoms with Gasteiger partial charge in [-0.25, -0.2) is 0 Å². The summed E-state index contributed by atoms with van der Waals surface area (Å²) >= 11 is 0. The number of hydrogen-bond acceptors (Lipinski definition) is 3. The lowest BCUT2D eigenvalue weighted by atomic mass is 9.99. The van der Waals surface area contributed by atoms with Crippen LogP contribution in [0.4, 0.5) is 5.69 Å². The SMILES string of the molecule is COc1cccc(C[C@@H](C#N)C(=O)Nc2cccc(C)c2C)c1. The second-order valence-electron chi connectivity index (χ2n) is 5.47. The van der Waals surface area contributed by atoms with Gasteiger partial charge in [-0.05, 0) is 55.2 Å². The number of nitrogens with one attached hydrogen (secondary N) is 1. The van der Waals surface area contributed by atoms with Gasteiger partial charge in [-0.1, -0.05) is 24.3 Å². The van der Waals surface area contributed by atoms with Crippen molar-refractivity contribution in [1.29, 1.82) is 5.26 Å². The van der Waals surface area contributed by atoms with E-state index in [0.717, 1.165) is 22.4 Å². The van der Waals surface area contributed by atoms with Crippen LogP contribution in [-0.2, 0) is 11.2 Å². The summed E-state index contributed by atoms with van der Waals surface area (Å²) in [6.07, 6.45) is 0.352. The van der Waals surface area contributed by atoms with Gasteiger partial charge in [-0.2, -0.15) is 5.26 Å². The summed E-state index contributed by atoms with van der Waals surface area (Å²) in [7, 11) is 1.59. The predicted molar refractivity (Wildman–Crippen MR) is 90.3 cm³/mol. The topological polar surface area (TPSA) is 62.1 Å². The number of nitriles is 1. The Hall–Kier alpha value is -2.80. The Balaban J connectivity index is 2.12. The number of hydrogen-bond donors (Lipinski definition) is 1. The predicted octanol–water partition coefficient (Wildman–Crippen LogP) is 3.63. The molecule has 23 heavy (non-hydrogen) atoms. The summed E-state index contributed by atoms with van der Waals surface area (Å²) in [4.78, 5) is 12.4. The number of amides is 1. The first-order chi connectivity index (χ1) is 11.0. The minimum absolute atomic E-state index is 0.288. The van der Waals surface area contributed by atoms with Gasteiger partial charge >= 0.3 is 0 Å². The lowest BCUT2D eigenvalue weighted by Gasteiger charge is -2.13. The molecule has 0 radical (unpaired) electrons. The van der Waals surface area contributed by atoms with Gasteiger partial charge in [0.25, 0.3) is 0 Å². The standard InChI is InChI=1S/C19H20N2O2/c1-13-6-4-9-18(14(13)2)21-19(22)16(12-20)10-15-7-5-8-17(11-15)23-3/h4-9,11,16H,10H2,1-3H3,(H,21,22)/t16-/m0/s1. The maximum absolute atomic E-state index is 12.4. The van der Waals surface area contributed by atoms with E-state index in [2.05, 4.69) is 11.4 Å². The lowest BCUT2D eigenvalue weighted by molar-refractivity contribution is -0.118. The molecule has 0 aliphatic rings. The van der Waals surface area contributed by atoms with Crippen molar-refractivity contribution in [2.24, 2.45) is 5.92 Å². The number of methoxy groups -OCH3 is 1. The number of benzene rings is 2. The molecular weight excluding hydrogens is 288 g/mol.